The van der Waals surface area contributed by atoms with E-state index < -0.39 is 0 Å². The summed E-state index contributed by atoms with van der Waals surface area (Å²) in [5.41, 5.74) is 5.13. The van der Waals surface area contributed by atoms with Crippen molar-refractivity contribution in [1.29, 1.82) is 0 Å². The number of aromatic nitrogens is 2. The van der Waals surface area contributed by atoms with Crippen molar-refractivity contribution in [1.82, 2.24) is 15.1 Å². The highest BCUT2D eigenvalue weighted by Gasteiger charge is 2.30. The third kappa shape index (κ3) is 3.34. The van der Waals surface area contributed by atoms with Crippen molar-refractivity contribution in [3.63, 3.8) is 0 Å². The molecular weight excluding hydrogens is 262 g/mol. The first kappa shape index (κ1) is 14.3. The zero-order valence-electron chi connectivity index (χ0n) is 12.8. The molecule has 0 saturated heterocycles. The van der Waals surface area contributed by atoms with Crippen molar-refractivity contribution >= 4 is 0 Å². The average molecular weight is 285 g/mol. The monoisotopic (exact) mass is 285 g/mol. The van der Waals surface area contributed by atoms with Gasteiger partial charge in [0.25, 0.3) is 0 Å². The van der Waals surface area contributed by atoms with E-state index in [1.54, 1.807) is 7.11 Å². The highest BCUT2D eigenvalue weighted by atomic mass is 16.5. The Morgan fingerprint density at radius 3 is 2.95 bits per heavy atom. The van der Waals surface area contributed by atoms with Crippen molar-refractivity contribution in [2.75, 3.05) is 20.3 Å². The van der Waals surface area contributed by atoms with Crippen LogP contribution in [0.25, 0.3) is 5.69 Å². The second-order valence-electron chi connectivity index (χ2n) is 5.75. The largest absolute Gasteiger partial charge is 0.383 e. The first-order valence-corrected chi connectivity index (χ1v) is 7.63. The van der Waals surface area contributed by atoms with E-state index in [0.29, 0.717) is 5.92 Å². The summed E-state index contributed by atoms with van der Waals surface area (Å²) in [5, 5.41) is 8.06. The highest BCUT2D eigenvalue weighted by molar-refractivity contribution is 5.40. The highest BCUT2D eigenvalue weighted by Crippen LogP contribution is 2.42. The number of nitrogens with one attached hydrogen (secondary N) is 1. The molecule has 0 aliphatic heterocycles. The molecule has 21 heavy (non-hydrogen) atoms. The van der Waals surface area contributed by atoms with Gasteiger partial charge in [0.15, 0.2) is 0 Å². The lowest BCUT2D eigenvalue weighted by Gasteiger charge is -2.10. The van der Waals surface area contributed by atoms with Gasteiger partial charge in [-0.1, -0.05) is 12.1 Å². The molecule has 1 heterocycles. The van der Waals surface area contributed by atoms with E-state index in [-0.39, 0.29) is 0 Å². The minimum Gasteiger partial charge on any atom is -0.383 e. The van der Waals surface area contributed by atoms with Crippen LogP contribution < -0.4 is 5.32 Å². The summed E-state index contributed by atoms with van der Waals surface area (Å²) in [6, 6.07) is 8.55. The van der Waals surface area contributed by atoms with E-state index in [9.17, 15) is 0 Å². The van der Waals surface area contributed by atoms with Crippen molar-refractivity contribution in [2.45, 2.75) is 32.2 Å². The van der Waals surface area contributed by atoms with Gasteiger partial charge >= 0.3 is 0 Å². The topological polar surface area (TPSA) is 39.1 Å². The lowest BCUT2D eigenvalue weighted by atomic mass is 10.1. The quantitative estimate of drug-likeness (QED) is 0.795. The van der Waals surface area contributed by atoms with Gasteiger partial charge in [-0.05, 0) is 37.5 Å². The van der Waals surface area contributed by atoms with Crippen LogP contribution in [-0.2, 0) is 11.3 Å². The first-order valence-electron chi connectivity index (χ1n) is 7.63. The summed E-state index contributed by atoms with van der Waals surface area (Å²) in [7, 11) is 1.73. The zero-order chi connectivity index (χ0) is 14.7. The lowest BCUT2D eigenvalue weighted by Crippen LogP contribution is -2.19. The Kier molecular flexibility index (Phi) is 4.36. The predicted molar refractivity (Wildman–Crippen MR) is 83.9 cm³/mol. The van der Waals surface area contributed by atoms with Crippen LogP contribution in [0, 0.1) is 6.92 Å². The fraction of sp³-hybridized carbons (Fsp3) is 0.471. The molecule has 4 heteroatoms. The number of hydrogen-bond acceptors (Lipinski definition) is 3. The van der Waals surface area contributed by atoms with Gasteiger partial charge in [-0.3, -0.25) is 0 Å². The molecule has 0 spiro atoms. The number of aryl methyl sites for hydroxylation is 1. The Morgan fingerprint density at radius 1 is 1.38 bits per heavy atom. The number of methoxy groups -OCH3 is 1. The minimum absolute atomic E-state index is 0.673. The molecule has 0 atom stereocenters. The molecule has 0 unspecified atom stereocenters. The van der Waals surface area contributed by atoms with E-state index in [4.69, 9.17) is 4.74 Å². The summed E-state index contributed by atoms with van der Waals surface area (Å²) >= 11 is 0. The molecule has 0 bridgehead atoms. The van der Waals surface area contributed by atoms with Gasteiger partial charge in [-0.2, -0.15) is 5.10 Å². The van der Waals surface area contributed by atoms with E-state index >= 15 is 0 Å². The van der Waals surface area contributed by atoms with Crippen LogP contribution in [0.3, 0.4) is 0 Å². The molecule has 112 valence electrons. The maximum absolute atomic E-state index is 5.07. The SMILES string of the molecule is COCCNCc1cnn(-c2cccc(C)c2)c1C1CC1. The third-order valence-electron chi connectivity index (χ3n) is 3.89. The summed E-state index contributed by atoms with van der Waals surface area (Å²) in [6.45, 7) is 4.60. The number of ether oxygens (including phenoxy) is 1. The second kappa shape index (κ2) is 6.41. The number of rotatable bonds is 7. The summed E-state index contributed by atoms with van der Waals surface area (Å²) < 4.78 is 7.20. The molecule has 1 aliphatic carbocycles. The molecule has 1 aliphatic rings. The molecule has 4 nitrogen and oxygen atoms in total. The van der Waals surface area contributed by atoms with E-state index in [0.717, 1.165) is 19.7 Å². The standard InChI is InChI=1S/C17H23N3O/c1-13-4-3-5-16(10-13)20-17(14-6-7-14)15(12-19-20)11-18-8-9-21-2/h3-5,10,12,14,18H,6-9,11H2,1-2H3. The normalized spacial score (nSPS) is 14.6. The predicted octanol–water partition coefficient (Wildman–Crippen LogP) is 2.79. The maximum Gasteiger partial charge on any atom is 0.0651 e. The Labute approximate surface area is 126 Å². The Morgan fingerprint density at radius 2 is 2.24 bits per heavy atom. The fourth-order valence-electron chi connectivity index (χ4n) is 2.68. The molecule has 0 radical (unpaired) electrons. The molecule has 1 aromatic heterocycles. The van der Waals surface area contributed by atoms with Gasteiger partial charge in [0.1, 0.15) is 0 Å². The lowest BCUT2D eigenvalue weighted by molar-refractivity contribution is 0.199. The molecule has 2 aromatic rings. The van der Waals surface area contributed by atoms with Crippen molar-refractivity contribution in [2.24, 2.45) is 0 Å². The number of hydrogen-bond donors (Lipinski definition) is 1. The average Bonchev–Trinajstić information content (AvgIpc) is 3.24. The van der Waals surface area contributed by atoms with Crippen LogP contribution in [-0.4, -0.2) is 30.0 Å². The minimum atomic E-state index is 0.673. The Balaban J connectivity index is 1.83. The maximum atomic E-state index is 5.07. The van der Waals surface area contributed by atoms with Crippen LogP contribution in [0.4, 0.5) is 0 Å². The van der Waals surface area contributed by atoms with Gasteiger partial charge in [0.2, 0.25) is 0 Å². The molecular formula is C17H23N3O. The van der Waals surface area contributed by atoms with Crippen molar-refractivity contribution in [3.8, 4) is 5.69 Å². The van der Waals surface area contributed by atoms with Crippen LogP contribution in [0.15, 0.2) is 30.5 Å². The summed E-state index contributed by atoms with van der Waals surface area (Å²) in [5.74, 6) is 0.673. The van der Waals surface area contributed by atoms with Gasteiger partial charge in [0, 0.05) is 31.7 Å². The van der Waals surface area contributed by atoms with Crippen LogP contribution >= 0.6 is 0 Å². The van der Waals surface area contributed by atoms with Crippen LogP contribution in [0.5, 0.6) is 0 Å². The molecule has 1 fully saturated rings. The number of nitrogens with zero attached hydrogens (tertiary/aromatic N) is 2. The summed E-state index contributed by atoms with van der Waals surface area (Å²) in [6.07, 6.45) is 4.57. The first-order chi connectivity index (χ1) is 10.3. The van der Waals surface area contributed by atoms with Crippen molar-refractivity contribution < 1.29 is 4.74 Å². The van der Waals surface area contributed by atoms with Crippen LogP contribution in [0.2, 0.25) is 0 Å². The smallest absolute Gasteiger partial charge is 0.0651 e. The third-order valence-corrected chi connectivity index (χ3v) is 3.89. The van der Waals surface area contributed by atoms with Gasteiger partial charge in [0.05, 0.1) is 24.2 Å². The summed E-state index contributed by atoms with van der Waals surface area (Å²) in [4.78, 5) is 0. The van der Waals surface area contributed by atoms with Gasteiger partial charge < -0.3 is 10.1 Å². The molecule has 1 aromatic carbocycles. The van der Waals surface area contributed by atoms with Crippen LogP contribution in [0.1, 0.15) is 35.6 Å². The second-order valence-corrected chi connectivity index (χ2v) is 5.75. The van der Waals surface area contributed by atoms with E-state index in [1.807, 2.05) is 6.20 Å². The van der Waals surface area contributed by atoms with E-state index in [2.05, 4.69) is 46.3 Å². The molecule has 1 saturated carbocycles. The fourth-order valence-corrected chi connectivity index (χ4v) is 2.68. The molecule has 0 amide bonds. The zero-order valence-corrected chi connectivity index (χ0v) is 12.8. The Hall–Kier alpha value is -1.65. The molecule has 3 rings (SSSR count). The molecule has 1 N–H and O–H groups in total. The van der Waals surface area contributed by atoms with E-state index in [1.165, 1.54) is 35.3 Å². The van der Waals surface area contributed by atoms with Gasteiger partial charge in [-0.15, -0.1) is 0 Å². The Bertz CT molecular complexity index is 602. The van der Waals surface area contributed by atoms with Gasteiger partial charge in [-0.25, -0.2) is 4.68 Å². The van der Waals surface area contributed by atoms with Crippen molar-refractivity contribution in [3.05, 3.63) is 47.3 Å². The number of benzene rings is 1.